The predicted octanol–water partition coefficient (Wildman–Crippen LogP) is 1.95. The Morgan fingerprint density at radius 3 is 2.65 bits per heavy atom. The van der Waals surface area contributed by atoms with Crippen LogP contribution in [-0.4, -0.2) is 60.3 Å². The molecule has 0 radical (unpaired) electrons. The topological polar surface area (TPSA) is 53.0 Å². The van der Waals surface area contributed by atoms with Crippen molar-refractivity contribution in [2.24, 2.45) is 4.99 Å². The number of hydrogen-bond acceptors (Lipinski definition) is 4. The Kier molecular flexibility index (Phi) is 5.11. The number of aliphatic imine (C=N–C) groups is 1. The summed E-state index contributed by atoms with van der Waals surface area (Å²) in [6, 6.07) is 4.38. The Morgan fingerprint density at radius 1 is 1.23 bits per heavy atom. The van der Waals surface area contributed by atoms with E-state index in [4.69, 9.17) is 0 Å². The van der Waals surface area contributed by atoms with Gasteiger partial charge < -0.3 is 9.80 Å². The summed E-state index contributed by atoms with van der Waals surface area (Å²) in [7, 11) is 0. The highest BCUT2D eigenvalue weighted by molar-refractivity contribution is 6.06. The molecule has 0 aliphatic carbocycles. The number of rotatable bonds is 4. The van der Waals surface area contributed by atoms with Crippen LogP contribution >= 0.6 is 0 Å². The molecule has 1 amide bonds. The summed E-state index contributed by atoms with van der Waals surface area (Å²) < 4.78 is 39.6. The lowest BCUT2D eigenvalue weighted by atomic mass is 10.1. The molecular formula is C18H18F3N3O2. The van der Waals surface area contributed by atoms with Crippen LogP contribution in [0.2, 0.25) is 0 Å². The fraction of sp³-hybridized carbons (Fsp3) is 0.389. The normalized spacial score (nSPS) is 18.3. The molecule has 8 heteroatoms. The van der Waals surface area contributed by atoms with E-state index in [1.165, 1.54) is 23.2 Å². The van der Waals surface area contributed by atoms with Crippen LogP contribution in [0.5, 0.6) is 0 Å². The van der Waals surface area contributed by atoms with Crippen LogP contribution in [0.25, 0.3) is 0 Å². The highest BCUT2D eigenvalue weighted by Gasteiger charge is 2.32. The first kappa shape index (κ1) is 18.2. The average Bonchev–Trinajstić information content (AvgIpc) is 2.58. The molecule has 26 heavy (non-hydrogen) atoms. The zero-order chi connectivity index (χ0) is 18.8. The number of nitrogens with zero attached hydrogens (tertiary/aromatic N) is 3. The number of Topliss-reactive ketones (excluding diaryl/α,β-unsaturated/α-hetero) is 1. The van der Waals surface area contributed by atoms with Crippen LogP contribution in [0.3, 0.4) is 0 Å². The van der Waals surface area contributed by atoms with Gasteiger partial charge in [-0.15, -0.1) is 0 Å². The minimum absolute atomic E-state index is 0.0298. The molecule has 0 bridgehead atoms. The molecule has 1 aromatic carbocycles. The van der Waals surface area contributed by atoms with Crippen LogP contribution in [0.4, 0.5) is 13.2 Å². The Balaban J connectivity index is 1.74. The standard InChI is InChI=1S/C18H18F3N3O2/c1-11-6-13(19)3-2-12(11)9-24-5-4-23(10-16(24)26)14-7-22-8-15(25)17(14)18(20)21/h2-3,6-7,18H,4-5,8-10H2,1H3. The predicted molar refractivity (Wildman–Crippen MR) is 89.5 cm³/mol. The zero-order valence-corrected chi connectivity index (χ0v) is 14.2. The molecule has 0 N–H and O–H groups in total. The van der Waals surface area contributed by atoms with Crippen LogP contribution in [0.15, 0.2) is 34.5 Å². The number of carbonyl (C=O) groups excluding carboxylic acids is 2. The van der Waals surface area contributed by atoms with Gasteiger partial charge in [0.2, 0.25) is 5.91 Å². The van der Waals surface area contributed by atoms with Crippen molar-refractivity contribution in [3.05, 3.63) is 46.4 Å². The van der Waals surface area contributed by atoms with Gasteiger partial charge in [0.15, 0.2) is 5.78 Å². The second kappa shape index (κ2) is 7.31. The van der Waals surface area contributed by atoms with Crippen molar-refractivity contribution in [2.45, 2.75) is 19.9 Å². The van der Waals surface area contributed by atoms with Gasteiger partial charge in [-0.3, -0.25) is 14.6 Å². The number of dihydropyridines is 1. The number of piperazine rings is 1. The van der Waals surface area contributed by atoms with E-state index in [0.717, 1.165) is 11.1 Å². The van der Waals surface area contributed by atoms with Crippen molar-refractivity contribution in [3.8, 4) is 0 Å². The third-order valence-electron chi connectivity index (χ3n) is 4.57. The summed E-state index contributed by atoms with van der Waals surface area (Å²) in [5.41, 5.74) is 1.03. The molecule has 2 heterocycles. The van der Waals surface area contributed by atoms with Crippen LogP contribution < -0.4 is 0 Å². The summed E-state index contributed by atoms with van der Waals surface area (Å²) in [6.45, 7) is 2.33. The molecule has 2 aliphatic heterocycles. The minimum atomic E-state index is -2.90. The first-order valence-electron chi connectivity index (χ1n) is 8.20. The molecule has 1 aromatic rings. The largest absolute Gasteiger partial charge is 0.359 e. The fourth-order valence-electron chi connectivity index (χ4n) is 3.12. The molecule has 5 nitrogen and oxygen atoms in total. The van der Waals surface area contributed by atoms with E-state index >= 15 is 0 Å². The molecule has 0 unspecified atom stereocenters. The van der Waals surface area contributed by atoms with Crippen molar-refractivity contribution in [1.29, 1.82) is 0 Å². The van der Waals surface area contributed by atoms with Crippen LogP contribution in [0.1, 0.15) is 11.1 Å². The number of aryl methyl sites for hydroxylation is 1. The third kappa shape index (κ3) is 3.63. The second-order valence-corrected chi connectivity index (χ2v) is 6.30. The van der Waals surface area contributed by atoms with Crippen LogP contribution in [-0.2, 0) is 16.1 Å². The van der Waals surface area contributed by atoms with Crippen molar-refractivity contribution < 1.29 is 22.8 Å². The maximum absolute atomic E-state index is 13.2. The lowest BCUT2D eigenvalue weighted by Crippen LogP contribution is -2.50. The molecule has 0 atom stereocenters. The third-order valence-corrected chi connectivity index (χ3v) is 4.57. The van der Waals surface area contributed by atoms with E-state index in [0.29, 0.717) is 19.6 Å². The Hall–Kier alpha value is -2.64. The number of carbonyl (C=O) groups is 2. The maximum atomic E-state index is 13.2. The molecule has 3 rings (SSSR count). The molecule has 0 aromatic heterocycles. The van der Waals surface area contributed by atoms with Gasteiger partial charge in [-0.25, -0.2) is 13.2 Å². The van der Waals surface area contributed by atoms with Crippen molar-refractivity contribution in [3.63, 3.8) is 0 Å². The first-order valence-corrected chi connectivity index (χ1v) is 8.20. The smallest absolute Gasteiger partial charge is 0.269 e. The quantitative estimate of drug-likeness (QED) is 0.820. The van der Waals surface area contributed by atoms with E-state index in [-0.39, 0.29) is 30.5 Å². The Morgan fingerprint density at radius 2 is 2.00 bits per heavy atom. The van der Waals surface area contributed by atoms with Gasteiger partial charge in [-0.05, 0) is 30.2 Å². The van der Waals surface area contributed by atoms with Gasteiger partial charge in [0.1, 0.15) is 12.4 Å². The minimum Gasteiger partial charge on any atom is -0.359 e. The fourth-order valence-corrected chi connectivity index (χ4v) is 3.12. The highest BCUT2D eigenvalue weighted by Crippen LogP contribution is 2.23. The molecule has 2 aliphatic rings. The number of alkyl halides is 2. The second-order valence-electron chi connectivity index (χ2n) is 6.30. The number of allylic oxidation sites excluding steroid dienone is 1. The van der Waals surface area contributed by atoms with Crippen molar-refractivity contribution in [1.82, 2.24) is 9.80 Å². The number of benzene rings is 1. The number of ketones is 1. The van der Waals surface area contributed by atoms with Crippen molar-refractivity contribution in [2.75, 3.05) is 26.2 Å². The van der Waals surface area contributed by atoms with Gasteiger partial charge in [-0.2, -0.15) is 0 Å². The van der Waals surface area contributed by atoms with Gasteiger partial charge in [0, 0.05) is 25.8 Å². The summed E-state index contributed by atoms with van der Waals surface area (Å²) in [5, 5.41) is 0. The molecular weight excluding hydrogens is 347 g/mol. The Bertz CT molecular complexity index is 805. The van der Waals surface area contributed by atoms with Crippen molar-refractivity contribution >= 4 is 17.9 Å². The van der Waals surface area contributed by atoms with E-state index in [9.17, 15) is 22.8 Å². The van der Waals surface area contributed by atoms with Crippen LogP contribution in [0, 0.1) is 12.7 Å². The first-order chi connectivity index (χ1) is 12.4. The van der Waals surface area contributed by atoms with E-state index in [2.05, 4.69) is 4.99 Å². The molecule has 1 fully saturated rings. The molecule has 1 saturated heterocycles. The van der Waals surface area contributed by atoms with Gasteiger partial charge >= 0.3 is 0 Å². The average molecular weight is 365 g/mol. The van der Waals surface area contributed by atoms with E-state index in [1.807, 2.05) is 0 Å². The monoisotopic (exact) mass is 365 g/mol. The van der Waals surface area contributed by atoms with E-state index < -0.39 is 17.8 Å². The molecule has 0 spiro atoms. The molecule has 0 saturated carbocycles. The summed E-state index contributed by atoms with van der Waals surface area (Å²) >= 11 is 0. The zero-order valence-electron chi connectivity index (χ0n) is 14.2. The molecule has 138 valence electrons. The maximum Gasteiger partial charge on any atom is 0.269 e. The summed E-state index contributed by atoms with van der Waals surface area (Å²) in [4.78, 5) is 31.1. The lowest BCUT2D eigenvalue weighted by molar-refractivity contribution is -0.135. The highest BCUT2D eigenvalue weighted by atomic mass is 19.3. The number of amides is 1. The van der Waals surface area contributed by atoms with Gasteiger partial charge in [0.05, 0.1) is 17.8 Å². The lowest BCUT2D eigenvalue weighted by Gasteiger charge is -2.37. The number of halogens is 3. The number of hydrogen-bond donors (Lipinski definition) is 0. The Labute approximate surface area is 148 Å². The van der Waals surface area contributed by atoms with E-state index in [1.54, 1.807) is 17.9 Å². The summed E-state index contributed by atoms with van der Waals surface area (Å²) in [5.74, 6) is -1.29. The van der Waals surface area contributed by atoms with Gasteiger partial charge in [0.25, 0.3) is 6.43 Å². The SMILES string of the molecule is Cc1cc(F)ccc1CN1CCN(C2=C(C(F)F)C(=O)CN=C2)CC1=O. The summed E-state index contributed by atoms with van der Waals surface area (Å²) in [6.07, 6.45) is -1.66. The van der Waals surface area contributed by atoms with Gasteiger partial charge in [-0.1, -0.05) is 6.07 Å².